The number of esters is 3. The monoisotopic (exact) mass is 803 g/mol. The van der Waals surface area contributed by atoms with Gasteiger partial charge in [0.2, 0.25) is 11.8 Å². The second kappa shape index (κ2) is 15.0. The van der Waals surface area contributed by atoms with Gasteiger partial charge >= 0.3 is 23.5 Å². The predicted octanol–water partition coefficient (Wildman–Crippen LogP) is 4.43. The Balaban J connectivity index is 1.10. The zero-order valence-corrected chi connectivity index (χ0v) is 33.6. The molecule has 14 nitrogen and oxygen atoms in total. The van der Waals surface area contributed by atoms with Crippen LogP contribution in [-0.4, -0.2) is 88.7 Å². The van der Waals surface area contributed by atoms with E-state index in [1.807, 2.05) is 6.07 Å². The molecular formula is C44H53NO13. The van der Waals surface area contributed by atoms with E-state index in [2.05, 4.69) is 19.9 Å². The highest BCUT2D eigenvalue weighted by Crippen LogP contribution is 2.70. The third-order valence-electron chi connectivity index (χ3n) is 14.8. The summed E-state index contributed by atoms with van der Waals surface area (Å²) >= 11 is 0. The van der Waals surface area contributed by atoms with Crippen molar-refractivity contribution >= 4 is 29.7 Å². The molecule has 0 radical (unpaired) electrons. The highest BCUT2D eigenvalue weighted by atomic mass is 16.7. The lowest BCUT2D eigenvalue weighted by Crippen LogP contribution is -2.68. The molecule has 2 amide bonds. The van der Waals surface area contributed by atoms with Crippen LogP contribution in [0.3, 0.4) is 0 Å². The predicted molar refractivity (Wildman–Crippen MR) is 203 cm³/mol. The highest BCUT2D eigenvalue weighted by molar-refractivity contribution is 6.07. The van der Waals surface area contributed by atoms with Gasteiger partial charge in [-0.1, -0.05) is 49.8 Å². The second-order valence-corrected chi connectivity index (χ2v) is 17.8. The lowest BCUT2D eigenvalue weighted by Gasteiger charge is -2.62. The van der Waals surface area contributed by atoms with Crippen molar-refractivity contribution in [2.45, 2.75) is 134 Å². The van der Waals surface area contributed by atoms with Crippen LogP contribution in [0.5, 0.6) is 0 Å². The second-order valence-electron chi connectivity index (χ2n) is 17.8. The van der Waals surface area contributed by atoms with E-state index in [0.717, 1.165) is 49.0 Å². The van der Waals surface area contributed by atoms with Crippen molar-refractivity contribution in [3.8, 4) is 0 Å². The van der Waals surface area contributed by atoms with Gasteiger partial charge in [-0.15, -0.1) is 0 Å². The van der Waals surface area contributed by atoms with Gasteiger partial charge in [0.25, 0.3) is 0 Å². The molecule has 7 unspecified atom stereocenters. The summed E-state index contributed by atoms with van der Waals surface area (Å²) in [5.74, 6) is -4.39. The van der Waals surface area contributed by atoms with Crippen molar-refractivity contribution in [3.05, 3.63) is 70.3 Å². The summed E-state index contributed by atoms with van der Waals surface area (Å²) in [7, 11) is 0. The van der Waals surface area contributed by atoms with Gasteiger partial charge in [-0.2, -0.15) is 0 Å². The first-order valence-electron chi connectivity index (χ1n) is 20.6. The van der Waals surface area contributed by atoms with Crippen molar-refractivity contribution in [1.82, 2.24) is 4.90 Å². The van der Waals surface area contributed by atoms with E-state index >= 15 is 0 Å². The first-order chi connectivity index (χ1) is 27.6. The summed E-state index contributed by atoms with van der Waals surface area (Å²) < 4.78 is 35.3. The maximum absolute atomic E-state index is 14.1. The average molecular weight is 804 g/mol. The molecule has 2 saturated heterocycles. The van der Waals surface area contributed by atoms with E-state index in [-0.39, 0.29) is 35.2 Å². The van der Waals surface area contributed by atoms with E-state index in [1.54, 1.807) is 30.6 Å². The molecule has 8 rings (SSSR count). The van der Waals surface area contributed by atoms with Gasteiger partial charge in [0.05, 0.1) is 29.8 Å². The summed E-state index contributed by atoms with van der Waals surface area (Å²) in [6.45, 7) is 7.66. The number of hydrogen-bond donors (Lipinski definition) is 1. The molecular weight excluding hydrogens is 750 g/mol. The molecule has 5 aliphatic carbocycles. The minimum absolute atomic E-state index is 0.0706. The van der Waals surface area contributed by atoms with Crippen molar-refractivity contribution in [1.29, 1.82) is 0 Å². The molecule has 0 spiro atoms. The van der Waals surface area contributed by atoms with Gasteiger partial charge in [-0.05, 0) is 86.2 Å². The average Bonchev–Trinajstić information content (AvgIpc) is 3.60. The summed E-state index contributed by atoms with van der Waals surface area (Å²) in [6.07, 6.45) is 10.5. The first-order valence-corrected chi connectivity index (χ1v) is 20.6. The Morgan fingerprint density at radius 2 is 1.53 bits per heavy atom. The molecule has 3 heterocycles. The SMILES string of the molecule is CC(=O)OCC1O[C@@H](O[C@@H]2C=C3CCC4C(CC[C@]5(C)[C@@H](c6ccc(=O)oc6)CC[C@]45O)[C@@]3(C)CC2)C(N2C(=O)C3C=CC=CC3C2=O)C(OC(C)=O)[C@@H]1OC(C)=O. The Morgan fingerprint density at radius 1 is 0.845 bits per heavy atom. The number of nitrogens with zero attached hydrogens (tertiary/aromatic N) is 1. The Hall–Kier alpha value is -4.40. The van der Waals surface area contributed by atoms with E-state index in [1.165, 1.54) is 32.4 Å². The maximum Gasteiger partial charge on any atom is 0.335 e. The standard InChI is InChI=1S/C44H53NO13/c1-23(46)53-22-34-37(55-24(2)47)38(56-25(3)48)36(45-39(50)29-8-6-7-9-30(29)40(45)51)41(58-34)57-28-14-17-42(4)27(20-28)11-12-33-32(42)15-18-43(5)31(16-19-44(33,43)52)26-10-13-35(49)54-21-26/h6-10,13,20-21,28-34,36-38,41,52H,11-12,14-19,22H2,1-5H3/t28-,29?,30?,31+,32?,33?,34?,36?,37+,38?,41+,42-,43+,44-/m0/s1. The van der Waals surface area contributed by atoms with Crippen LogP contribution in [-0.2, 0) is 47.7 Å². The van der Waals surface area contributed by atoms with Crippen molar-refractivity contribution in [3.63, 3.8) is 0 Å². The van der Waals surface area contributed by atoms with Crippen LogP contribution in [0.2, 0.25) is 0 Å². The smallest absolute Gasteiger partial charge is 0.335 e. The minimum atomic E-state index is -1.42. The molecule has 14 atom stereocenters. The number of imide groups is 1. The maximum atomic E-state index is 14.1. The zero-order chi connectivity index (χ0) is 41.3. The Morgan fingerprint density at radius 3 is 2.17 bits per heavy atom. The van der Waals surface area contributed by atoms with Crippen LogP contribution in [0.15, 0.2) is 63.6 Å². The van der Waals surface area contributed by atoms with Crippen molar-refractivity contribution in [2.75, 3.05) is 6.61 Å². The van der Waals surface area contributed by atoms with Gasteiger partial charge < -0.3 is 33.2 Å². The molecule has 14 heteroatoms. The number of aliphatic hydroxyl groups is 1. The molecule has 2 aliphatic heterocycles. The molecule has 0 aromatic carbocycles. The first kappa shape index (κ1) is 40.4. The van der Waals surface area contributed by atoms with Gasteiger partial charge in [0.1, 0.15) is 18.8 Å². The van der Waals surface area contributed by atoms with Crippen molar-refractivity contribution in [2.24, 2.45) is 34.5 Å². The molecule has 1 aromatic heterocycles. The van der Waals surface area contributed by atoms with Crippen LogP contribution in [0.1, 0.15) is 97.5 Å². The molecule has 3 saturated carbocycles. The van der Waals surface area contributed by atoms with Crippen LogP contribution < -0.4 is 5.63 Å². The molecule has 58 heavy (non-hydrogen) atoms. The number of fused-ring (bicyclic) bond motifs is 6. The summed E-state index contributed by atoms with van der Waals surface area (Å²) in [5.41, 5.74) is 0.284. The number of carbonyl (C=O) groups is 5. The fraction of sp³-hybridized carbons (Fsp3) is 0.636. The molecule has 1 aromatic rings. The third kappa shape index (κ3) is 6.59. The Labute approximate surface area is 336 Å². The molecule has 7 aliphatic rings. The summed E-state index contributed by atoms with van der Waals surface area (Å²) in [6, 6.07) is 1.94. The van der Waals surface area contributed by atoms with Crippen LogP contribution in [0.4, 0.5) is 0 Å². The molecule has 312 valence electrons. The van der Waals surface area contributed by atoms with E-state index in [4.69, 9.17) is 28.1 Å². The van der Waals surface area contributed by atoms with Crippen LogP contribution >= 0.6 is 0 Å². The fourth-order valence-electron chi connectivity index (χ4n) is 12.1. The number of allylic oxidation sites excluding steroid dienone is 3. The fourth-order valence-corrected chi connectivity index (χ4v) is 12.1. The largest absolute Gasteiger partial charge is 0.463 e. The number of carbonyl (C=O) groups excluding carboxylic acids is 5. The number of amides is 2. The molecule has 0 bridgehead atoms. The van der Waals surface area contributed by atoms with Gasteiger partial charge in [-0.25, -0.2) is 4.79 Å². The lowest BCUT2D eigenvalue weighted by molar-refractivity contribution is -0.296. The molecule has 5 fully saturated rings. The minimum Gasteiger partial charge on any atom is -0.463 e. The van der Waals surface area contributed by atoms with E-state index < -0.39 is 89.5 Å². The van der Waals surface area contributed by atoms with E-state index in [0.29, 0.717) is 12.8 Å². The number of likely N-dealkylation sites (tertiary alicyclic amines) is 1. The summed E-state index contributed by atoms with van der Waals surface area (Å²) in [5, 5.41) is 12.7. The lowest BCUT2D eigenvalue weighted by atomic mass is 9.45. The van der Waals surface area contributed by atoms with E-state index in [9.17, 15) is 33.9 Å². The van der Waals surface area contributed by atoms with Gasteiger partial charge in [-0.3, -0.25) is 28.9 Å². The topological polar surface area (TPSA) is 185 Å². The Kier molecular flexibility index (Phi) is 10.4. The Bertz CT molecular complexity index is 1970. The van der Waals surface area contributed by atoms with Crippen LogP contribution in [0.25, 0.3) is 0 Å². The zero-order valence-electron chi connectivity index (χ0n) is 33.6. The summed E-state index contributed by atoms with van der Waals surface area (Å²) in [4.78, 5) is 78.2. The number of rotatable bonds is 8. The number of hydrogen-bond acceptors (Lipinski definition) is 13. The van der Waals surface area contributed by atoms with Gasteiger partial charge in [0, 0.05) is 32.3 Å². The van der Waals surface area contributed by atoms with Gasteiger partial charge in [0.15, 0.2) is 18.5 Å². The third-order valence-corrected chi connectivity index (χ3v) is 14.8. The quantitative estimate of drug-likeness (QED) is 0.169. The van der Waals surface area contributed by atoms with Crippen molar-refractivity contribution < 1.29 is 57.2 Å². The molecule has 1 N–H and O–H groups in total. The van der Waals surface area contributed by atoms with Crippen LogP contribution in [0, 0.1) is 34.5 Å². The number of ether oxygens (including phenoxy) is 5. The highest BCUT2D eigenvalue weighted by Gasteiger charge is 2.67. The normalized spacial score (nSPS) is 41.4.